The van der Waals surface area contributed by atoms with Gasteiger partial charge in [-0.2, -0.15) is 13.2 Å². The van der Waals surface area contributed by atoms with Crippen LogP contribution in [-0.2, 0) is 23.1 Å². The predicted octanol–water partition coefficient (Wildman–Crippen LogP) is 3.57. The molecule has 1 aliphatic rings. The van der Waals surface area contributed by atoms with Gasteiger partial charge in [0, 0.05) is 0 Å². The molecule has 1 saturated heterocycles. The lowest BCUT2D eigenvalue weighted by Gasteiger charge is -2.19. The molecule has 1 aromatic carbocycles. The highest BCUT2D eigenvalue weighted by Crippen LogP contribution is 2.32. The van der Waals surface area contributed by atoms with Gasteiger partial charge in [-0.3, -0.25) is 9.69 Å². The summed E-state index contributed by atoms with van der Waals surface area (Å²) < 4.78 is 43.3. The number of alkyl halides is 3. The molecule has 0 saturated carbocycles. The minimum absolute atomic E-state index is 0.127. The fourth-order valence-corrected chi connectivity index (χ4v) is 2.69. The summed E-state index contributed by atoms with van der Waals surface area (Å²) in [7, 11) is 0. The second-order valence-electron chi connectivity index (χ2n) is 6.05. The average molecular weight is 352 g/mol. The van der Waals surface area contributed by atoms with Gasteiger partial charge >= 0.3 is 12.2 Å². The number of rotatable bonds is 3. The van der Waals surface area contributed by atoms with Gasteiger partial charge in [0.05, 0.1) is 12.1 Å². The van der Waals surface area contributed by atoms with E-state index in [2.05, 4.69) is 5.32 Å². The fourth-order valence-electron chi connectivity index (χ4n) is 2.69. The molecular weight excluding hydrogens is 337 g/mol. The molecule has 8 heteroatoms. The molecule has 1 fully saturated rings. The first kappa shape index (κ1) is 17.1. The van der Waals surface area contributed by atoms with E-state index in [0.717, 1.165) is 17.0 Å². The molecule has 1 unspecified atom stereocenters. The van der Waals surface area contributed by atoms with Gasteiger partial charge in [0.25, 0.3) is 5.91 Å². The number of amides is 3. The Morgan fingerprint density at radius 2 is 1.76 bits per heavy atom. The highest BCUT2D eigenvalue weighted by atomic mass is 19.4. The van der Waals surface area contributed by atoms with Crippen molar-refractivity contribution < 1.29 is 27.2 Å². The first-order valence-corrected chi connectivity index (χ1v) is 7.48. The summed E-state index contributed by atoms with van der Waals surface area (Å²) >= 11 is 0. The Labute approximate surface area is 141 Å². The first-order chi connectivity index (χ1) is 11.6. The summed E-state index contributed by atoms with van der Waals surface area (Å²) in [5.74, 6) is 0.379. The average Bonchev–Trinajstić information content (AvgIpc) is 3.06. The minimum Gasteiger partial charge on any atom is -0.463 e. The molecule has 25 heavy (non-hydrogen) atoms. The summed E-state index contributed by atoms with van der Waals surface area (Å²) in [6.07, 6.45) is -4.44. The van der Waals surface area contributed by atoms with Crippen molar-refractivity contribution in [3.05, 3.63) is 59.0 Å². The second kappa shape index (κ2) is 5.65. The topological polar surface area (TPSA) is 62.6 Å². The van der Waals surface area contributed by atoms with Crippen LogP contribution in [0.1, 0.15) is 29.6 Å². The van der Waals surface area contributed by atoms with Crippen LogP contribution in [0.25, 0.3) is 0 Å². The zero-order valence-electron chi connectivity index (χ0n) is 13.5. The van der Waals surface area contributed by atoms with Crippen LogP contribution < -0.4 is 5.32 Å². The molecule has 0 bridgehead atoms. The van der Waals surface area contributed by atoms with E-state index in [4.69, 9.17) is 4.42 Å². The summed E-state index contributed by atoms with van der Waals surface area (Å²) in [5, 5.41) is 2.58. The van der Waals surface area contributed by atoms with Crippen molar-refractivity contribution in [1.29, 1.82) is 0 Å². The van der Waals surface area contributed by atoms with Crippen molar-refractivity contribution in [3.63, 3.8) is 0 Å². The van der Waals surface area contributed by atoms with Crippen molar-refractivity contribution in [1.82, 2.24) is 10.2 Å². The molecular formula is C17H15F3N2O3. The van der Waals surface area contributed by atoms with Gasteiger partial charge in [0.1, 0.15) is 11.5 Å². The van der Waals surface area contributed by atoms with Gasteiger partial charge in [-0.1, -0.05) is 12.1 Å². The molecule has 1 N–H and O–H groups in total. The van der Waals surface area contributed by atoms with Crippen LogP contribution in [0.5, 0.6) is 0 Å². The zero-order chi connectivity index (χ0) is 18.4. The fraction of sp³-hybridized carbons (Fsp3) is 0.294. The predicted molar refractivity (Wildman–Crippen MR) is 81.3 cm³/mol. The third kappa shape index (κ3) is 2.99. The van der Waals surface area contributed by atoms with Gasteiger partial charge in [0.15, 0.2) is 5.54 Å². The normalized spacial score (nSPS) is 20.9. The van der Waals surface area contributed by atoms with E-state index in [1.54, 1.807) is 19.1 Å². The molecule has 5 nitrogen and oxygen atoms in total. The van der Waals surface area contributed by atoms with Crippen molar-refractivity contribution in [2.24, 2.45) is 0 Å². The third-order valence-corrected chi connectivity index (χ3v) is 4.13. The molecule has 2 aromatic rings. The van der Waals surface area contributed by atoms with Gasteiger partial charge in [0.2, 0.25) is 0 Å². The summed E-state index contributed by atoms with van der Waals surface area (Å²) in [4.78, 5) is 25.8. The van der Waals surface area contributed by atoms with E-state index in [0.29, 0.717) is 17.1 Å². The maximum absolute atomic E-state index is 12.7. The number of nitrogens with zero attached hydrogens (tertiary/aromatic N) is 1. The number of imide groups is 1. The summed E-state index contributed by atoms with van der Waals surface area (Å²) in [6.45, 7) is 3.12. The second-order valence-corrected chi connectivity index (χ2v) is 6.05. The van der Waals surface area contributed by atoms with E-state index in [1.807, 2.05) is 0 Å². The molecule has 1 aliphatic heterocycles. The first-order valence-electron chi connectivity index (χ1n) is 7.48. The lowest BCUT2D eigenvalue weighted by Crippen LogP contribution is -2.40. The van der Waals surface area contributed by atoms with Crippen molar-refractivity contribution in [2.75, 3.05) is 0 Å². The van der Waals surface area contributed by atoms with Crippen LogP contribution in [-0.4, -0.2) is 16.8 Å². The van der Waals surface area contributed by atoms with Crippen molar-refractivity contribution in [3.8, 4) is 0 Å². The van der Waals surface area contributed by atoms with Crippen LogP contribution in [0.3, 0.4) is 0 Å². The van der Waals surface area contributed by atoms with Crippen LogP contribution >= 0.6 is 0 Å². The number of carbonyl (C=O) groups is 2. The highest BCUT2D eigenvalue weighted by molar-refractivity contribution is 6.06. The summed E-state index contributed by atoms with van der Waals surface area (Å²) in [5.41, 5.74) is -1.71. The van der Waals surface area contributed by atoms with Gasteiger partial charge < -0.3 is 9.73 Å². The smallest absolute Gasteiger partial charge is 0.416 e. The lowest BCUT2D eigenvalue weighted by molar-refractivity contribution is -0.137. The maximum Gasteiger partial charge on any atom is 0.416 e. The maximum atomic E-state index is 12.7. The number of halogens is 3. The number of nitrogens with one attached hydrogen (secondary N) is 1. The molecule has 3 amide bonds. The van der Waals surface area contributed by atoms with Crippen LogP contribution in [0.15, 0.2) is 40.8 Å². The molecule has 0 radical (unpaired) electrons. The number of furan rings is 1. The van der Waals surface area contributed by atoms with Gasteiger partial charge in [-0.05, 0) is 43.7 Å². The van der Waals surface area contributed by atoms with Crippen LogP contribution in [0.2, 0.25) is 0 Å². The monoisotopic (exact) mass is 352 g/mol. The SMILES string of the molecule is Cc1ccc(C2(C)NC(=O)N(Cc3ccc(C(F)(F)F)cc3)C2=O)o1. The molecule has 3 rings (SSSR count). The lowest BCUT2D eigenvalue weighted by atomic mass is 9.99. The highest BCUT2D eigenvalue weighted by Gasteiger charge is 2.51. The molecule has 132 valence electrons. The number of carbonyl (C=O) groups excluding carboxylic acids is 2. The van der Waals surface area contributed by atoms with Crippen molar-refractivity contribution in [2.45, 2.75) is 32.1 Å². The van der Waals surface area contributed by atoms with Gasteiger partial charge in [-0.15, -0.1) is 0 Å². The molecule has 0 aliphatic carbocycles. The minimum atomic E-state index is -4.44. The molecule has 1 aromatic heterocycles. The summed E-state index contributed by atoms with van der Waals surface area (Å²) in [6, 6.07) is 6.99. The van der Waals surface area contributed by atoms with E-state index >= 15 is 0 Å². The Hall–Kier alpha value is -2.77. The van der Waals surface area contributed by atoms with E-state index in [1.165, 1.54) is 19.1 Å². The number of benzene rings is 1. The number of urea groups is 1. The largest absolute Gasteiger partial charge is 0.463 e. The van der Waals surface area contributed by atoms with Gasteiger partial charge in [-0.25, -0.2) is 4.79 Å². The number of hydrogen-bond acceptors (Lipinski definition) is 3. The van der Waals surface area contributed by atoms with E-state index in [9.17, 15) is 22.8 Å². The number of aryl methyl sites for hydroxylation is 1. The Balaban J connectivity index is 1.82. The van der Waals surface area contributed by atoms with Crippen LogP contribution in [0, 0.1) is 6.92 Å². The van der Waals surface area contributed by atoms with E-state index < -0.39 is 29.2 Å². The Kier molecular flexibility index (Phi) is 3.85. The molecule has 2 heterocycles. The number of hydrogen-bond donors (Lipinski definition) is 1. The Bertz CT molecular complexity index is 826. The Morgan fingerprint density at radius 3 is 2.28 bits per heavy atom. The molecule has 1 atom stereocenters. The zero-order valence-corrected chi connectivity index (χ0v) is 13.5. The van der Waals surface area contributed by atoms with Crippen molar-refractivity contribution >= 4 is 11.9 Å². The Morgan fingerprint density at radius 1 is 1.12 bits per heavy atom. The van der Waals surface area contributed by atoms with E-state index in [-0.39, 0.29) is 6.54 Å². The molecule has 0 spiro atoms. The standard InChI is InChI=1S/C17H15F3N2O3/c1-10-3-8-13(25-10)16(2)14(23)22(15(24)21-16)9-11-4-6-12(7-5-11)17(18,19)20/h3-8H,9H2,1-2H3,(H,21,24). The quantitative estimate of drug-likeness (QED) is 0.859. The van der Waals surface area contributed by atoms with Crippen LogP contribution in [0.4, 0.5) is 18.0 Å². The third-order valence-electron chi connectivity index (χ3n) is 4.13.